The van der Waals surface area contributed by atoms with Crippen LogP contribution < -0.4 is 10.9 Å². The molecular weight excluding hydrogens is 318 g/mol. The Kier molecular flexibility index (Phi) is 6.11. The Labute approximate surface area is 146 Å². The van der Waals surface area contributed by atoms with E-state index in [1.807, 2.05) is 45.0 Å². The van der Waals surface area contributed by atoms with Gasteiger partial charge in [0.05, 0.1) is 11.9 Å². The fraction of sp³-hybridized carbons (Fsp3) is 0.316. The van der Waals surface area contributed by atoms with E-state index < -0.39 is 0 Å². The number of rotatable bonds is 4. The van der Waals surface area contributed by atoms with Crippen LogP contribution in [0.1, 0.15) is 41.1 Å². The number of aryl methyl sites for hydroxylation is 2. The quantitative estimate of drug-likeness (QED) is 0.763. The van der Waals surface area contributed by atoms with Crippen LogP contribution in [-0.4, -0.2) is 22.4 Å². The molecule has 0 radical (unpaired) electrons. The van der Waals surface area contributed by atoms with Crippen molar-refractivity contribution < 1.29 is 9.21 Å². The highest BCUT2D eigenvalue weighted by Gasteiger charge is 2.21. The number of carbonyl (C=O) groups is 1. The lowest BCUT2D eigenvalue weighted by Crippen LogP contribution is -2.27. The van der Waals surface area contributed by atoms with Crippen molar-refractivity contribution in [2.24, 2.45) is 0 Å². The number of H-pyrrole nitrogens is 1. The number of hydrogen-bond donors (Lipinski definition) is 2. The van der Waals surface area contributed by atoms with Gasteiger partial charge in [-0.25, -0.2) is 4.98 Å². The lowest BCUT2D eigenvalue weighted by molar-refractivity contribution is 0.0954. The van der Waals surface area contributed by atoms with Gasteiger partial charge in [0.1, 0.15) is 11.1 Å². The highest BCUT2D eigenvalue weighted by Crippen LogP contribution is 2.20. The van der Waals surface area contributed by atoms with Crippen LogP contribution >= 0.6 is 0 Å². The molecule has 0 aliphatic carbocycles. The summed E-state index contributed by atoms with van der Waals surface area (Å²) in [5.74, 6) is 0.0592. The van der Waals surface area contributed by atoms with Crippen LogP contribution in [0.3, 0.4) is 0 Å². The summed E-state index contributed by atoms with van der Waals surface area (Å²) in [6.07, 6.45) is 1.97. The van der Waals surface area contributed by atoms with Crippen molar-refractivity contribution in [3.05, 3.63) is 63.4 Å². The zero-order valence-corrected chi connectivity index (χ0v) is 15.0. The Morgan fingerprint density at radius 2 is 1.88 bits per heavy atom. The van der Waals surface area contributed by atoms with Crippen molar-refractivity contribution in [2.75, 3.05) is 6.54 Å². The van der Waals surface area contributed by atoms with E-state index >= 15 is 0 Å². The van der Waals surface area contributed by atoms with Crippen LogP contribution in [0.5, 0.6) is 0 Å². The Balaban J connectivity index is 0.00000109. The van der Waals surface area contributed by atoms with Gasteiger partial charge in [0.15, 0.2) is 0 Å². The van der Waals surface area contributed by atoms with E-state index in [9.17, 15) is 9.59 Å². The minimum Gasteiger partial charge on any atom is -0.442 e. The molecule has 3 rings (SSSR count). The normalized spacial score (nSPS) is 10.2. The number of furan rings is 1. The standard InChI is InChI=1S/C17H17N3O3.C2H6/c1-10-3-5-12(6-4-10)7-8-18-15(21)13-11(2)23-17-14(13)16(22)19-9-20-17;1-2/h3-6,9H,7-8H2,1-2H3,(H,18,21)(H,19,20,22);1-2H3. The van der Waals surface area contributed by atoms with Gasteiger partial charge in [-0.15, -0.1) is 0 Å². The zero-order chi connectivity index (χ0) is 18.4. The number of fused-ring (bicyclic) bond motifs is 1. The first-order chi connectivity index (χ1) is 12.1. The van der Waals surface area contributed by atoms with Crippen LogP contribution in [-0.2, 0) is 6.42 Å². The summed E-state index contributed by atoms with van der Waals surface area (Å²) in [4.78, 5) is 30.7. The summed E-state index contributed by atoms with van der Waals surface area (Å²) in [5, 5.41) is 3.02. The van der Waals surface area contributed by atoms with Gasteiger partial charge in [-0.05, 0) is 25.8 Å². The number of carbonyl (C=O) groups excluding carboxylic acids is 1. The Morgan fingerprint density at radius 1 is 1.20 bits per heavy atom. The molecule has 2 N–H and O–H groups in total. The summed E-state index contributed by atoms with van der Waals surface area (Å²) in [5.41, 5.74) is 2.39. The third-order valence-electron chi connectivity index (χ3n) is 3.72. The summed E-state index contributed by atoms with van der Waals surface area (Å²) in [6, 6.07) is 8.15. The van der Waals surface area contributed by atoms with Crippen molar-refractivity contribution in [3.63, 3.8) is 0 Å². The minimum atomic E-state index is -0.379. The molecule has 0 spiro atoms. The number of hydrogen-bond acceptors (Lipinski definition) is 4. The molecule has 2 aromatic heterocycles. The van der Waals surface area contributed by atoms with E-state index in [4.69, 9.17) is 4.42 Å². The molecule has 0 fully saturated rings. The Bertz CT molecular complexity index is 908. The summed E-state index contributed by atoms with van der Waals surface area (Å²) >= 11 is 0. The van der Waals surface area contributed by atoms with Crippen molar-refractivity contribution in [2.45, 2.75) is 34.1 Å². The van der Waals surface area contributed by atoms with Gasteiger partial charge in [0, 0.05) is 6.54 Å². The molecule has 1 amide bonds. The average molecular weight is 341 g/mol. The maximum Gasteiger partial charge on any atom is 0.262 e. The zero-order valence-electron chi connectivity index (χ0n) is 15.0. The molecule has 0 bridgehead atoms. The van der Waals surface area contributed by atoms with Crippen molar-refractivity contribution in [1.29, 1.82) is 0 Å². The van der Waals surface area contributed by atoms with E-state index in [2.05, 4.69) is 15.3 Å². The van der Waals surface area contributed by atoms with Crippen LogP contribution in [0.2, 0.25) is 0 Å². The maximum atomic E-state index is 12.4. The largest absolute Gasteiger partial charge is 0.442 e. The third-order valence-corrected chi connectivity index (χ3v) is 3.72. The van der Waals surface area contributed by atoms with Gasteiger partial charge in [0.25, 0.3) is 11.5 Å². The minimum absolute atomic E-state index is 0.176. The van der Waals surface area contributed by atoms with Crippen molar-refractivity contribution in [3.8, 4) is 0 Å². The van der Waals surface area contributed by atoms with Gasteiger partial charge in [-0.3, -0.25) is 9.59 Å². The van der Waals surface area contributed by atoms with Gasteiger partial charge < -0.3 is 14.7 Å². The highest BCUT2D eigenvalue weighted by atomic mass is 16.3. The SMILES string of the molecule is CC.Cc1ccc(CCNC(=O)c2c(C)oc3nc[nH]c(=O)c23)cc1. The predicted molar refractivity (Wildman–Crippen MR) is 97.9 cm³/mol. The van der Waals surface area contributed by atoms with Gasteiger partial charge in [-0.1, -0.05) is 43.7 Å². The summed E-state index contributed by atoms with van der Waals surface area (Å²) in [7, 11) is 0. The van der Waals surface area contributed by atoms with Crippen LogP contribution in [0, 0.1) is 13.8 Å². The molecule has 6 nitrogen and oxygen atoms in total. The Morgan fingerprint density at radius 3 is 2.56 bits per heavy atom. The molecule has 0 aliphatic heterocycles. The number of amides is 1. The van der Waals surface area contributed by atoms with Crippen molar-refractivity contribution in [1.82, 2.24) is 15.3 Å². The predicted octanol–water partition coefficient (Wildman–Crippen LogP) is 3.13. The van der Waals surface area contributed by atoms with E-state index in [1.54, 1.807) is 6.92 Å². The molecule has 6 heteroatoms. The van der Waals surface area contributed by atoms with Crippen LogP contribution in [0.15, 0.2) is 39.8 Å². The fourth-order valence-corrected chi connectivity index (χ4v) is 2.49. The summed E-state index contributed by atoms with van der Waals surface area (Å²) in [6.45, 7) is 8.16. The topological polar surface area (TPSA) is 88.0 Å². The Hall–Kier alpha value is -2.89. The molecule has 0 aliphatic rings. The lowest BCUT2D eigenvalue weighted by atomic mass is 10.1. The fourth-order valence-electron chi connectivity index (χ4n) is 2.49. The van der Waals surface area contributed by atoms with Crippen LogP contribution in [0.25, 0.3) is 11.1 Å². The molecule has 0 saturated heterocycles. The molecular formula is C19H23N3O3. The van der Waals surface area contributed by atoms with E-state index in [0.29, 0.717) is 12.3 Å². The van der Waals surface area contributed by atoms with Gasteiger partial charge >= 0.3 is 0 Å². The summed E-state index contributed by atoms with van der Waals surface area (Å²) < 4.78 is 5.39. The second kappa shape index (κ2) is 8.28. The first-order valence-electron chi connectivity index (χ1n) is 8.37. The first kappa shape index (κ1) is 18.4. The van der Waals surface area contributed by atoms with Crippen molar-refractivity contribution >= 4 is 17.0 Å². The molecule has 3 aromatic rings. The lowest BCUT2D eigenvalue weighted by Gasteiger charge is -2.05. The second-order valence-corrected chi connectivity index (χ2v) is 5.44. The molecule has 132 valence electrons. The number of nitrogens with zero attached hydrogens (tertiary/aromatic N) is 1. The molecule has 0 saturated carbocycles. The molecule has 0 unspecified atom stereocenters. The average Bonchev–Trinajstić information content (AvgIpc) is 2.96. The third kappa shape index (κ3) is 4.15. The molecule has 0 atom stereocenters. The molecule has 2 heterocycles. The monoisotopic (exact) mass is 341 g/mol. The number of nitrogens with one attached hydrogen (secondary N) is 2. The maximum absolute atomic E-state index is 12.4. The smallest absolute Gasteiger partial charge is 0.262 e. The number of benzene rings is 1. The van der Waals surface area contributed by atoms with Crippen LogP contribution in [0.4, 0.5) is 0 Å². The van der Waals surface area contributed by atoms with E-state index in [-0.39, 0.29) is 28.1 Å². The molecule has 25 heavy (non-hydrogen) atoms. The van der Waals surface area contributed by atoms with E-state index in [0.717, 1.165) is 12.0 Å². The second-order valence-electron chi connectivity index (χ2n) is 5.44. The highest BCUT2D eigenvalue weighted by molar-refractivity contribution is 6.06. The molecule has 1 aromatic carbocycles. The van der Waals surface area contributed by atoms with E-state index in [1.165, 1.54) is 11.9 Å². The van der Waals surface area contributed by atoms with Gasteiger partial charge in [-0.2, -0.15) is 0 Å². The first-order valence-corrected chi connectivity index (χ1v) is 8.37. The van der Waals surface area contributed by atoms with Gasteiger partial charge in [0.2, 0.25) is 5.71 Å². The number of aromatic nitrogens is 2. The number of aromatic amines is 1.